The number of carbonyl (C=O) groups excluding carboxylic acids is 1. The van der Waals surface area contributed by atoms with E-state index in [1.807, 2.05) is 0 Å². The smallest absolute Gasteiger partial charge is 0.323 e. The first-order valence-corrected chi connectivity index (χ1v) is 7.67. The first kappa shape index (κ1) is 16.4. The van der Waals surface area contributed by atoms with E-state index in [0.717, 1.165) is 12.1 Å². The predicted molar refractivity (Wildman–Crippen MR) is 81.9 cm³/mol. The molecule has 9 nitrogen and oxygen atoms in total. The number of benzene rings is 2. The summed E-state index contributed by atoms with van der Waals surface area (Å²) in [7, 11) is -3.82. The van der Waals surface area contributed by atoms with E-state index in [1.54, 1.807) is 0 Å². The Hall–Kier alpha value is -2.98. The Morgan fingerprint density at radius 1 is 0.913 bits per heavy atom. The van der Waals surface area contributed by atoms with Crippen molar-refractivity contribution in [2.45, 2.75) is 4.90 Å². The molecule has 0 saturated carbocycles. The van der Waals surface area contributed by atoms with Gasteiger partial charge in [0.2, 0.25) is 10.0 Å². The molecule has 2 amide bonds. The van der Waals surface area contributed by atoms with E-state index in [9.17, 15) is 28.5 Å². The minimum absolute atomic E-state index is 0.0384. The highest BCUT2D eigenvalue weighted by molar-refractivity contribution is 7.89. The summed E-state index contributed by atoms with van der Waals surface area (Å²) in [5.74, 6) is -1.90. The highest BCUT2D eigenvalue weighted by atomic mass is 32.2. The maximum Gasteiger partial charge on any atom is 0.323 e. The van der Waals surface area contributed by atoms with Crippen molar-refractivity contribution in [1.29, 1.82) is 0 Å². The molecule has 2 aromatic rings. The monoisotopic (exact) mass is 339 g/mol. The van der Waals surface area contributed by atoms with Crippen molar-refractivity contribution in [2.24, 2.45) is 5.14 Å². The molecule has 0 spiro atoms. The minimum Gasteiger partial charge on any atom is -0.504 e. The van der Waals surface area contributed by atoms with Gasteiger partial charge >= 0.3 is 6.03 Å². The lowest BCUT2D eigenvalue weighted by atomic mass is 10.2. The van der Waals surface area contributed by atoms with E-state index in [0.29, 0.717) is 5.69 Å². The molecule has 0 heterocycles. The van der Waals surface area contributed by atoms with Gasteiger partial charge < -0.3 is 26.0 Å². The number of urea groups is 1. The molecule has 0 aliphatic rings. The number of phenols is 3. The summed E-state index contributed by atoms with van der Waals surface area (Å²) in [6.07, 6.45) is 0. The van der Waals surface area contributed by atoms with Crippen LogP contribution in [0.1, 0.15) is 0 Å². The van der Waals surface area contributed by atoms with Gasteiger partial charge in [0.15, 0.2) is 17.2 Å². The van der Waals surface area contributed by atoms with Crippen LogP contribution in [0.5, 0.6) is 17.2 Å². The van der Waals surface area contributed by atoms with Gasteiger partial charge in [-0.25, -0.2) is 18.4 Å². The van der Waals surface area contributed by atoms with Crippen LogP contribution in [-0.4, -0.2) is 29.8 Å². The van der Waals surface area contributed by atoms with Crippen LogP contribution in [0.15, 0.2) is 41.3 Å². The SMILES string of the molecule is NS(=O)(=O)c1ccc(NC(=O)Nc2cc(O)c(O)c(O)c2)cc1. The summed E-state index contributed by atoms with van der Waals surface area (Å²) in [6, 6.07) is 6.50. The Morgan fingerprint density at radius 3 is 1.87 bits per heavy atom. The molecule has 23 heavy (non-hydrogen) atoms. The average molecular weight is 339 g/mol. The van der Waals surface area contributed by atoms with Crippen molar-refractivity contribution in [3.05, 3.63) is 36.4 Å². The molecule has 122 valence electrons. The third-order valence-corrected chi connectivity index (χ3v) is 3.70. The molecule has 0 fully saturated rings. The minimum atomic E-state index is -3.82. The lowest BCUT2D eigenvalue weighted by Gasteiger charge is -2.09. The number of rotatable bonds is 3. The number of nitrogens with one attached hydrogen (secondary N) is 2. The van der Waals surface area contributed by atoms with Crippen LogP contribution in [0, 0.1) is 0 Å². The molecule has 2 rings (SSSR count). The number of sulfonamides is 1. The van der Waals surface area contributed by atoms with Crippen molar-refractivity contribution in [3.8, 4) is 17.2 Å². The lowest BCUT2D eigenvalue weighted by molar-refractivity contribution is 0.262. The van der Waals surface area contributed by atoms with Crippen LogP contribution >= 0.6 is 0 Å². The number of primary sulfonamides is 1. The van der Waals surface area contributed by atoms with Gasteiger partial charge in [-0.05, 0) is 24.3 Å². The van der Waals surface area contributed by atoms with Crippen LogP contribution in [0.3, 0.4) is 0 Å². The van der Waals surface area contributed by atoms with E-state index >= 15 is 0 Å². The number of anilines is 2. The summed E-state index contributed by atoms with van der Waals surface area (Å²) < 4.78 is 22.2. The van der Waals surface area contributed by atoms with Gasteiger partial charge in [-0.15, -0.1) is 0 Å². The first-order chi connectivity index (χ1) is 10.7. The molecule has 0 unspecified atom stereocenters. The van der Waals surface area contributed by atoms with E-state index in [4.69, 9.17) is 5.14 Å². The van der Waals surface area contributed by atoms with Gasteiger partial charge in [-0.1, -0.05) is 0 Å². The number of hydrogen-bond donors (Lipinski definition) is 6. The number of phenolic OH excluding ortho intramolecular Hbond substituents is 3. The maximum absolute atomic E-state index is 11.8. The van der Waals surface area contributed by atoms with E-state index in [-0.39, 0.29) is 10.6 Å². The van der Waals surface area contributed by atoms with Crippen LogP contribution in [0.2, 0.25) is 0 Å². The standard InChI is InChI=1S/C13H13N3O6S/c14-23(21,22)9-3-1-7(2-4-9)15-13(20)16-8-5-10(17)12(19)11(18)6-8/h1-6,17-19H,(H2,14,21,22)(H2,15,16,20). The van der Waals surface area contributed by atoms with E-state index in [2.05, 4.69) is 10.6 Å². The Balaban J connectivity index is 2.08. The fourth-order valence-corrected chi connectivity index (χ4v) is 2.21. The number of aromatic hydroxyl groups is 3. The first-order valence-electron chi connectivity index (χ1n) is 6.12. The van der Waals surface area contributed by atoms with E-state index in [1.165, 1.54) is 24.3 Å². The predicted octanol–water partition coefficient (Wildman–Crippen LogP) is 1.09. The molecule has 0 saturated heterocycles. The van der Waals surface area contributed by atoms with Gasteiger partial charge in [0.05, 0.1) is 10.6 Å². The highest BCUT2D eigenvalue weighted by Crippen LogP contribution is 2.37. The summed E-state index contributed by atoms with van der Waals surface area (Å²) in [4.78, 5) is 11.7. The zero-order valence-electron chi connectivity index (χ0n) is 11.5. The second-order valence-corrected chi connectivity index (χ2v) is 6.07. The van der Waals surface area contributed by atoms with Crippen molar-refractivity contribution in [3.63, 3.8) is 0 Å². The fourth-order valence-electron chi connectivity index (χ4n) is 1.70. The summed E-state index contributed by atoms with van der Waals surface area (Å²) in [5.41, 5.74) is 0.332. The second kappa shape index (κ2) is 6.02. The van der Waals surface area contributed by atoms with Gasteiger partial charge in [-0.3, -0.25) is 0 Å². The number of nitrogens with two attached hydrogens (primary N) is 1. The Morgan fingerprint density at radius 2 is 1.39 bits per heavy atom. The zero-order chi connectivity index (χ0) is 17.2. The van der Waals surface area contributed by atoms with Crippen LogP contribution in [0.4, 0.5) is 16.2 Å². The fraction of sp³-hybridized carbons (Fsp3) is 0. The molecule has 0 atom stereocenters. The molecule has 0 bridgehead atoms. The highest BCUT2D eigenvalue weighted by Gasteiger charge is 2.11. The van der Waals surface area contributed by atoms with Crippen molar-refractivity contribution in [2.75, 3.05) is 10.6 Å². The number of carbonyl (C=O) groups is 1. The zero-order valence-corrected chi connectivity index (χ0v) is 12.3. The van der Waals surface area contributed by atoms with Crippen molar-refractivity contribution >= 4 is 27.4 Å². The third-order valence-electron chi connectivity index (χ3n) is 2.77. The quantitative estimate of drug-likeness (QED) is 0.362. The largest absolute Gasteiger partial charge is 0.504 e. The van der Waals surface area contributed by atoms with Crippen molar-refractivity contribution in [1.82, 2.24) is 0 Å². The Labute approximate surface area is 131 Å². The van der Waals surface area contributed by atoms with Crippen LogP contribution in [0.25, 0.3) is 0 Å². The topological polar surface area (TPSA) is 162 Å². The molecule has 0 aliphatic carbocycles. The second-order valence-electron chi connectivity index (χ2n) is 4.51. The van der Waals surface area contributed by atoms with Gasteiger partial charge in [-0.2, -0.15) is 0 Å². The molecule has 10 heteroatoms. The number of hydrogen-bond acceptors (Lipinski definition) is 6. The summed E-state index contributed by atoms with van der Waals surface area (Å²) in [6.45, 7) is 0. The molecule has 0 aromatic heterocycles. The van der Waals surface area contributed by atoms with Crippen molar-refractivity contribution < 1.29 is 28.5 Å². The van der Waals surface area contributed by atoms with Gasteiger partial charge in [0, 0.05) is 17.8 Å². The van der Waals surface area contributed by atoms with E-state index < -0.39 is 33.3 Å². The van der Waals surface area contributed by atoms with Crippen LogP contribution < -0.4 is 15.8 Å². The molecule has 7 N–H and O–H groups in total. The molecule has 0 aliphatic heterocycles. The average Bonchev–Trinajstić information content (AvgIpc) is 2.44. The van der Waals surface area contributed by atoms with Gasteiger partial charge in [0.1, 0.15) is 0 Å². The molecule has 2 aromatic carbocycles. The molecular formula is C13H13N3O6S. The summed E-state index contributed by atoms with van der Waals surface area (Å²) >= 11 is 0. The lowest BCUT2D eigenvalue weighted by Crippen LogP contribution is -2.19. The number of amides is 2. The Bertz CT molecular complexity index is 826. The van der Waals surface area contributed by atoms with Gasteiger partial charge in [0.25, 0.3) is 0 Å². The molecular weight excluding hydrogens is 326 g/mol. The maximum atomic E-state index is 11.8. The van der Waals surface area contributed by atoms with Crippen LogP contribution in [-0.2, 0) is 10.0 Å². The normalized spacial score (nSPS) is 11.0. The Kier molecular flexibility index (Phi) is 4.29. The summed E-state index contributed by atoms with van der Waals surface area (Å²) in [5, 5.41) is 37.6. The molecule has 0 radical (unpaired) electrons. The third kappa shape index (κ3) is 4.02.